The first-order valence-corrected chi connectivity index (χ1v) is 9.60. The van der Waals surface area contributed by atoms with Crippen LogP contribution in [0.3, 0.4) is 0 Å². The number of nitrogens with one attached hydrogen (secondary N) is 1. The maximum absolute atomic E-state index is 12.4. The predicted molar refractivity (Wildman–Crippen MR) is 95.8 cm³/mol. The Balaban J connectivity index is 1.66. The van der Waals surface area contributed by atoms with E-state index in [0.717, 1.165) is 58.5 Å². The van der Waals surface area contributed by atoms with Crippen LogP contribution in [0.2, 0.25) is 0 Å². The van der Waals surface area contributed by atoms with Gasteiger partial charge in [0.05, 0.1) is 13.1 Å². The molecule has 1 atom stereocenters. The first-order chi connectivity index (χ1) is 11.6. The molecule has 0 bridgehead atoms. The molecule has 6 heteroatoms. The fourth-order valence-corrected chi connectivity index (χ4v) is 3.34. The number of likely N-dealkylation sites (tertiary alicyclic amines) is 1. The van der Waals surface area contributed by atoms with Crippen molar-refractivity contribution in [3.8, 4) is 0 Å². The Morgan fingerprint density at radius 1 is 0.875 bits per heavy atom. The van der Waals surface area contributed by atoms with Crippen molar-refractivity contribution in [1.29, 1.82) is 0 Å². The number of piperazine rings is 1. The second-order valence-electron chi connectivity index (χ2n) is 7.22. The Bertz CT molecular complexity index is 400. The Morgan fingerprint density at radius 3 is 1.96 bits per heavy atom. The first kappa shape index (κ1) is 19.2. The van der Waals surface area contributed by atoms with Crippen LogP contribution < -0.4 is 5.32 Å². The van der Waals surface area contributed by atoms with Gasteiger partial charge in [0.2, 0.25) is 11.8 Å². The molecular formula is C18H34N4O2. The van der Waals surface area contributed by atoms with E-state index in [4.69, 9.17) is 0 Å². The topological polar surface area (TPSA) is 55.9 Å². The van der Waals surface area contributed by atoms with Gasteiger partial charge in [0, 0.05) is 45.3 Å². The molecule has 0 aromatic carbocycles. The number of carbonyl (C=O) groups is 2. The Morgan fingerprint density at radius 2 is 1.42 bits per heavy atom. The maximum Gasteiger partial charge on any atom is 0.236 e. The van der Waals surface area contributed by atoms with Crippen molar-refractivity contribution in [3.05, 3.63) is 0 Å². The summed E-state index contributed by atoms with van der Waals surface area (Å²) in [5.41, 5.74) is 0. The van der Waals surface area contributed by atoms with Crippen molar-refractivity contribution >= 4 is 11.8 Å². The lowest BCUT2D eigenvalue weighted by Crippen LogP contribution is -2.52. The second kappa shape index (κ2) is 9.99. The molecule has 0 saturated carbocycles. The second-order valence-corrected chi connectivity index (χ2v) is 7.22. The minimum Gasteiger partial charge on any atom is -0.353 e. The molecule has 2 saturated heterocycles. The molecule has 6 nitrogen and oxygen atoms in total. The maximum atomic E-state index is 12.4. The fraction of sp³-hybridized carbons (Fsp3) is 0.889. The largest absolute Gasteiger partial charge is 0.353 e. The van der Waals surface area contributed by atoms with Crippen molar-refractivity contribution in [3.63, 3.8) is 0 Å². The van der Waals surface area contributed by atoms with E-state index >= 15 is 0 Å². The summed E-state index contributed by atoms with van der Waals surface area (Å²) < 4.78 is 0. The van der Waals surface area contributed by atoms with E-state index in [1.807, 2.05) is 11.8 Å². The molecule has 0 aliphatic carbocycles. The van der Waals surface area contributed by atoms with Gasteiger partial charge >= 0.3 is 0 Å². The monoisotopic (exact) mass is 338 g/mol. The van der Waals surface area contributed by atoms with E-state index in [9.17, 15) is 9.59 Å². The van der Waals surface area contributed by atoms with Crippen LogP contribution in [-0.4, -0.2) is 84.9 Å². The van der Waals surface area contributed by atoms with E-state index in [1.165, 1.54) is 12.8 Å². The van der Waals surface area contributed by atoms with Crippen LogP contribution in [0.5, 0.6) is 0 Å². The number of hydrogen-bond acceptors (Lipinski definition) is 4. The minimum atomic E-state index is 0.110. The average Bonchev–Trinajstić information content (AvgIpc) is 2.85. The molecule has 2 rings (SSSR count). The highest BCUT2D eigenvalue weighted by molar-refractivity contribution is 5.79. The van der Waals surface area contributed by atoms with E-state index in [-0.39, 0.29) is 17.9 Å². The van der Waals surface area contributed by atoms with Crippen LogP contribution in [0.15, 0.2) is 0 Å². The summed E-state index contributed by atoms with van der Waals surface area (Å²) in [6.45, 7) is 10.4. The molecule has 0 aromatic heterocycles. The molecule has 1 unspecified atom stereocenters. The molecular weight excluding hydrogens is 304 g/mol. The molecule has 0 aromatic rings. The highest BCUT2D eigenvalue weighted by Crippen LogP contribution is 2.11. The summed E-state index contributed by atoms with van der Waals surface area (Å²) in [7, 11) is 0. The van der Waals surface area contributed by atoms with Gasteiger partial charge in [0.1, 0.15) is 0 Å². The Hall–Kier alpha value is -1.14. The molecule has 2 fully saturated rings. The average molecular weight is 338 g/mol. The smallest absolute Gasteiger partial charge is 0.236 e. The predicted octanol–water partition coefficient (Wildman–Crippen LogP) is 0.921. The zero-order valence-corrected chi connectivity index (χ0v) is 15.4. The highest BCUT2D eigenvalue weighted by atomic mass is 16.2. The molecule has 138 valence electrons. The molecule has 0 radical (unpaired) electrons. The Labute approximate surface area is 146 Å². The van der Waals surface area contributed by atoms with Gasteiger partial charge < -0.3 is 10.2 Å². The lowest BCUT2D eigenvalue weighted by Gasteiger charge is -2.35. The zero-order chi connectivity index (χ0) is 17.4. The summed E-state index contributed by atoms with van der Waals surface area (Å²) in [5.74, 6) is 0.387. The van der Waals surface area contributed by atoms with Gasteiger partial charge in [-0.3, -0.25) is 19.4 Å². The van der Waals surface area contributed by atoms with Crippen LogP contribution in [-0.2, 0) is 9.59 Å². The van der Waals surface area contributed by atoms with Crippen molar-refractivity contribution in [2.75, 3.05) is 52.4 Å². The molecule has 0 spiro atoms. The summed E-state index contributed by atoms with van der Waals surface area (Å²) in [5, 5.41) is 3.01. The number of carbonyl (C=O) groups excluding carboxylic acids is 2. The molecule has 2 aliphatic rings. The third kappa shape index (κ3) is 6.40. The van der Waals surface area contributed by atoms with Crippen LogP contribution in [0.1, 0.15) is 46.0 Å². The number of amides is 2. The number of hydrogen-bond donors (Lipinski definition) is 1. The number of nitrogens with zero attached hydrogens (tertiary/aromatic N) is 3. The van der Waals surface area contributed by atoms with E-state index in [2.05, 4.69) is 22.0 Å². The minimum absolute atomic E-state index is 0.110. The van der Waals surface area contributed by atoms with Gasteiger partial charge in [0.25, 0.3) is 0 Å². The van der Waals surface area contributed by atoms with Crippen molar-refractivity contribution in [2.45, 2.75) is 52.0 Å². The summed E-state index contributed by atoms with van der Waals surface area (Å²) in [6, 6.07) is 0.241. The first-order valence-electron chi connectivity index (χ1n) is 9.60. The standard InChI is InChI=1S/C18H34N4O2/c1-3-16(2)19-17(23)14-20-10-12-21(13-11-20)15-18(24)22-8-6-4-5-7-9-22/h16H,3-15H2,1-2H3,(H,19,23). The summed E-state index contributed by atoms with van der Waals surface area (Å²) in [4.78, 5) is 30.8. The normalized spacial score (nSPS) is 22.0. The van der Waals surface area contributed by atoms with Crippen molar-refractivity contribution in [1.82, 2.24) is 20.0 Å². The van der Waals surface area contributed by atoms with E-state index in [0.29, 0.717) is 13.1 Å². The SMILES string of the molecule is CCC(C)NC(=O)CN1CCN(CC(=O)N2CCCCCC2)CC1. The van der Waals surface area contributed by atoms with Crippen LogP contribution in [0.25, 0.3) is 0 Å². The fourth-order valence-electron chi connectivity index (χ4n) is 3.34. The van der Waals surface area contributed by atoms with Gasteiger partial charge in [-0.15, -0.1) is 0 Å². The third-order valence-electron chi connectivity index (χ3n) is 5.17. The van der Waals surface area contributed by atoms with E-state index in [1.54, 1.807) is 0 Å². The lowest BCUT2D eigenvalue weighted by molar-refractivity contribution is -0.133. The van der Waals surface area contributed by atoms with Crippen LogP contribution >= 0.6 is 0 Å². The van der Waals surface area contributed by atoms with Gasteiger partial charge in [-0.2, -0.15) is 0 Å². The molecule has 2 amide bonds. The van der Waals surface area contributed by atoms with Crippen molar-refractivity contribution < 1.29 is 9.59 Å². The molecule has 1 N–H and O–H groups in total. The summed E-state index contributed by atoms with van der Waals surface area (Å²) >= 11 is 0. The lowest BCUT2D eigenvalue weighted by atomic mass is 10.2. The van der Waals surface area contributed by atoms with E-state index < -0.39 is 0 Å². The van der Waals surface area contributed by atoms with Crippen LogP contribution in [0.4, 0.5) is 0 Å². The molecule has 24 heavy (non-hydrogen) atoms. The van der Waals surface area contributed by atoms with Gasteiger partial charge in [-0.25, -0.2) is 0 Å². The third-order valence-corrected chi connectivity index (χ3v) is 5.17. The molecule has 2 aliphatic heterocycles. The van der Waals surface area contributed by atoms with Crippen LogP contribution in [0, 0.1) is 0 Å². The van der Waals surface area contributed by atoms with Gasteiger partial charge in [-0.1, -0.05) is 19.8 Å². The zero-order valence-electron chi connectivity index (χ0n) is 15.4. The molecule has 2 heterocycles. The highest BCUT2D eigenvalue weighted by Gasteiger charge is 2.23. The van der Waals surface area contributed by atoms with Gasteiger partial charge in [-0.05, 0) is 26.2 Å². The quantitative estimate of drug-likeness (QED) is 0.782. The Kier molecular flexibility index (Phi) is 7.99. The van der Waals surface area contributed by atoms with Gasteiger partial charge in [0.15, 0.2) is 0 Å². The number of rotatable bonds is 6. The summed E-state index contributed by atoms with van der Waals surface area (Å²) in [6.07, 6.45) is 5.75. The van der Waals surface area contributed by atoms with Crippen molar-refractivity contribution in [2.24, 2.45) is 0 Å².